The Morgan fingerprint density at radius 2 is 1.84 bits per heavy atom. The first kappa shape index (κ1) is 21.8. The van der Waals surface area contributed by atoms with E-state index >= 15 is 0 Å². The number of rotatable bonds is 9. The Morgan fingerprint density at radius 1 is 1.03 bits per heavy atom. The summed E-state index contributed by atoms with van der Waals surface area (Å²) in [5.74, 6) is 1.27. The molecule has 1 unspecified atom stereocenters. The zero-order valence-electron chi connectivity index (χ0n) is 17.8. The van der Waals surface area contributed by atoms with Crippen molar-refractivity contribution >= 4 is 40.0 Å². The molecule has 2 N–H and O–H groups in total. The molecule has 0 aliphatic carbocycles. The molecular weight excluding hydrogens is 422 g/mol. The van der Waals surface area contributed by atoms with Crippen molar-refractivity contribution in [2.45, 2.75) is 18.9 Å². The van der Waals surface area contributed by atoms with Crippen molar-refractivity contribution in [3.8, 4) is 0 Å². The topological polar surface area (TPSA) is 88.4 Å². The highest BCUT2D eigenvalue weighted by Gasteiger charge is 2.20. The Labute approximate surface area is 190 Å². The standard InChI is InChI=1S/C24H25N5O2S/c1-32-15-12-20(23-28-27-21-8-4-5-14-29(21)23)26-22(30)11-13-25-24(31)19-10-9-17-6-2-3-7-18(17)16-19/h2-10,14,16,20H,11-13,15H2,1H3,(H,25,31)(H,26,30). The SMILES string of the molecule is CSCCC(NC(=O)CCNC(=O)c1ccc2ccccc2c1)c1nnc2ccccn12. The monoisotopic (exact) mass is 447 g/mol. The third-order valence-electron chi connectivity index (χ3n) is 5.25. The number of carbonyl (C=O) groups is 2. The van der Waals surface area contributed by atoms with Crippen LogP contribution in [-0.4, -0.2) is 45.0 Å². The molecule has 0 bridgehead atoms. The van der Waals surface area contributed by atoms with Crippen LogP contribution < -0.4 is 10.6 Å². The number of hydrogen-bond donors (Lipinski definition) is 2. The van der Waals surface area contributed by atoms with Crippen LogP contribution in [0.2, 0.25) is 0 Å². The summed E-state index contributed by atoms with van der Waals surface area (Å²) in [4.78, 5) is 25.1. The second-order valence-electron chi connectivity index (χ2n) is 7.46. The van der Waals surface area contributed by atoms with Gasteiger partial charge in [0.05, 0.1) is 6.04 Å². The van der Waals surface area contributed by atoms with Gasteiger partial charge >= 0.3 is 0 Å². The minimum atomic E-state index is -0.247. The first-order valence-electron chi connectivity index (χ1n) is 10.5. The summed E-state index contributed by atoms with van der Waals surface area (Å²) in [5, 5.41) is 16.5. The van der Waals surface area contributed by atoms with Gasteiger partial charge < -0.3 is 10.6 Å². The molecule has 1 atom stereocenters. The van der Waals surface area contributed by atoms with Gasteiger partial charge in [0.25, 0.3) is 5.91 Å². The fourth-order valence-corrected chi connectivity index (χ4v) is 4.06. The lowest BCUT2D eigenvalue weighted by Crippen LogP contribution is -2.34. The Morgan fingerprint density at radius 3 is 2.69 bits per heavy atom. The molecule has 2 aromatic heterocycles. The van der Waals surface area contributed by atoms with Gasteiger partial charge in [-0.2, -0.15) is 11.8 Å². The molecule has 4 aromatic rings. The average molecular weight is 448 g/mol. The highest BCUT2D eigenvalue weighted by molar-refractivity contribution is 7.98. The molecule has 164 valence electrons. The summed E-state index contributed by atoms with van der Waals surface area (Å²) in [6.07, 6.45) is 4.85. The molecule has 0 aliphatic heterocycles. The molecule has 2 amide bonds. The number of aromatic nitrogens is 3. The van der Waals surface area contributed by atoms with Gasteiger partial charge in [-0.3, -0.25) is 14.0 Å². The Balaban J connectivity index is 1.35. The molecule has 0 spiro atoms. The van der Waals surface area contributed by atoms with Crippen molar-refractivity contribution in [1.29, 1.82) is 0 Å². The smallest absolute Gasteiger partial charge is 0.251 e. The maximum absolute atomic E-state index is 12.6. The van der Waals surface area contributed by atoms with Crippen LogP contribution in [0.1, 0.15) is 35.1 Å². The Kier molecular flexibility index (Phi) is 7.01. The van der Waals surface area contributed by atoms with Gasteiger partial charge in [-0.25, -0.2) is 0 Å². The molecule has 0 fully saturated rings. The van der Waals surface area contributed by atoms with Gasteiger partial charge in [0.15, 0.2) is 11.5 Å². The van der Waals surface area contributed by atoms with Crippen LogP contribution in [0.5, 0.6) is 0 Å². The van der Waals surface area contributed by atoms with Gasteiger partial charge in [-0.05, 0) is 53.5 Å². The minimum absolute atomic E-state index is 0.136. The van der Waals surface area contributed by atoms with E-state index in [1.807, 2.05) is 71.5 Å². The van der Waals surface area contributed by atoms with Crippen LogP contribution >= 0.6 is 11.8 Å². The van der Waals surface area contributed by atoms with Crippen LogP contribution in [0.4, 0.5) is 0 Å². The van der Waals surface area contributed by atoms with Gasteiger partial charge in [0.1, 0.15) is 0 Å². The maximum atomic E-state index is 12.6. The summed E-state index contributed by atoms with van der Waals surface area (Å²) in [6, 6.07) is 18.9. The molecule has 0 saturated carbocycles. The zero-order valence-corrected chi connectivity index (χ0v) is 18.6. The summed E-state index contributed by atoms with van der Waals surface area (Å²) >= 11 is 1.71. The summed E-state index contributed by atoms with van der Waals surface area (Å²) in [5.41, 5.74) is 1.32. The van der Waals surface area contributed by atoms with Crippen LogP contribution in [0.3, 0.4) is 0 Å². The highest BCUT2D eigenvalue weighted by atomic mass is 32.2. The molecule has 2 aromatic carbocycles. The zero-order chi connectivity index (χ0) is 22.3. The largest absolute Gasteiger partial charge is 0.352 e. The van der Waals surface area contributed by atoms with Crippen molar-refractivity contribution < 1.29 is 9.59 Å². The summed E-state index contributed by atoms with van der Waals surface area (Å²) in [7, 11) is 0. The van der Waals surface area contributed by atoms with Crippen LogP contribution in [-0.2, 0) is 4.79 Å². The normalized spacial score (nSPS) is 12.0. The van der Waals surface area contributed by atoms with Gasteiger partial charge in [-0.1, -0.05) is 36.4 Å². The molecule has 2 heterocycles. The predicted molar refractivity (Wildman–Crippen MR) is 128 cm³/mol. The number of nitrogens with one attached hydrogen (secondary N) is 2. The molecule has 32 heavy (non-hydrogen) atoms. The number of fused-ring (bicyclic) bond motifs is 2. The number of pyridine rings is 1. The molecule has 8 heteroatoms. The highest BCUT2D eigenvalue weighted by Crippen LogP contribution is 2.18. The molecule has 7 nitrogen and oxygen atoms in total. The van der Waals surface area contributed by atoms with Crippen molar-refractivity contribution in [2.24, 2.45) is 0 Å². The number of hydrogen-bond acceptors (Lipinski definition) is 5. The van der Waals surface area contributed by atoms with E-state index in [1.54, 1.807) is 17.8 Å². The van der Waals surface area contributed by atoms with Gasteiger partial charge in [0, 0.05) is 24.7 Å². The molecular formula is C24H25N5O2S. The third-order valence-corrected chi connectivity index (χ3v) is 5.89. The number of benzene rings is 2. The lowest BCUT2D eigenvalue weighted by Gasteiger charge is -2.17. The Bertz CT molecular complexity index is 1240. The molecule has 0 saturated heterocycles. The second kappa shape index (κ2) is 10.3. The quantitative estimate of drug-likeness (QED) is 0.409. The molecule has 4 rings (SSSR count). The molecule has 0 aliphatic rings. The van der Waals surface area contributed by atoms with Crippen molar-refractivity contribution in [1.82, 2.24) is 25.2 Å². The van der Waals surface area contributed by atoms with E-state index in [9.17, 15) is 9.59 Å². The van der Waals surface area contributed by atoms with E-state index in [4.69, 9.17) is 0 Å². The first-order chi connectivity index (χ1) is 15.7. The first-order valence-corrected chi connectivity index (χ1v) is 11.9. The van der Waals surface area contributed by atoms with Crippen LogP contribution in [0.15, 0.2) is 66.9 Å². The minimum Gasteiger partial charge on any atom is -0.352 e. The summed E-state index contributed by atoms with van der Waals surface area (Å²) < 4.78 is 1.90. The van der Waals surface area contributed by atoms with Crippen LogP contribution in [0.25, 0.3) is 16.4 Å². The van der Waals surface area contributed by atoms with Crippen LogP contribution in [0, 0.1) is 0 Å². The van der Waals surface area contributed by atoms with Gasteiger partial charge in [0.2, 0.25) is 5.91 Å². The lowest BCUT2D eigenvalue weighted by molar-refractivity contribution is -0.121. The van der Waals surface area contributed by atoms with Crippen molar-refractivity contribution in [3.05, 3.63) is 78.2 Å². The number of amides is 2. The van der Waals surface area contributed by atoms with E-state index in [-0.39, 0.29) is 30.8 Å². The molecule has 0 radical (unpaired) electrons. The van der Waals surface area contributed by atoms with Crippen molar-refractivity contribution in [3.63, 3.8) is 0 Å². The average Bonchev–Trinajstić information content (AvgIpc) is 3.25. The second-order valence-corrected chi connectivity index (χ2v) is 8.44. The third kappa shape index (κ3) is 5.08. The predicted octanol–water partition coefficient (Wildman–Crippen LogP) is 3.61. The van der Waals surface area contributed by atoms with E-state index in [2.05, 4.69) is 20.8 Å². The number of carbonyl (C=O) groups excluding carboxylic acids is 2. The van der Waals surface area contributed by atoms with E-state index in [1.165, 1.54) is 0 Å². The van der Waals surface area contributed by atoms with E-state index in [0.717, 1.165) is 28.6 Å². The fourth-order valence-electron chi connectivity index (χ4n) is 3.59. The van der Waals surface area contributed by atoms with Crippen molar-refractivity contribution in [2.75, 3.05) is 18.6 Å². The maximum Gasteiger partial charge on any atom is 0.251 e. The van der Waals surface area contributed by atoms with E-state index in [0.29, 0.717) is 11.4 Å². The van der Waals surface area contributed by atoms with Gasteiger partial charge in [-0.15, -0.1) is 10.2 Å². The lowest BCUT2D eigenvalue weighted by atomic mass is 10.1. The number of thioether (sulfide) groups is 1. The number of nitrogens with zero attached hydrogens (tertiary/aromatic N) is 3. The Hall–Kier alpha value is -3.39. The fraction of sp³-hybridized carbons (Fsp3) is 0.250. The summed E-state index contributed by atoms with van der Waals surface area (Å²) in [6.45, 7) is 0.257. The van der Waals surface area contributed by atoms with E-state index < -0.39 is 0 Å².